The lowest BCUT2D eigenvalue weighted by Crippen LogP contribution is -2.30. The zero-order chi connectivity index (χ0) is 10.8. The Hall–Kier alpha value is -1.74. The Labute approximate surface area is 88.6 Å². The van der Waals surface area contributed by atoms with Gasteiger partial charge in [-0.05, 0) is 42.8 Å². The molecule has 2 N–H and O–H groups in total. The molecule has 0 aromatic heterocycles. The first-order chi connectivity index (χ1) is 7.16. The van der Waals surface area contributed by atoms with E-state index in [1.54, 1.807) is 35.2 Å². The van der Waals surface area contributed by atoms with Gasteiger partial charge in [-0.25, -0.2) is 0 Å². The van der Waals surface area contributed by atoms with E-state index in [4.69, 9.17) is 5.11 Å². The predicted molar refractivity (Wildman–Crippen MR) is 59.5 cm³/mol. The molecule has 1 unspecified atom stereocenters. The molecule has 1 aliphatic rings. The largest absolute Gasteiger partial charge is 0.508 e. The highest BCUT2D eigenvalue weighted by atomic mass is 16.3. The highest BCUT2D eigenvalue weighted by Crippen LogP contribution is 2.23. The molecule has 0 fully saturated rings. The van der Waals surface area contributed by atoms with Gasteiger partial charge >= 0.3 is 0 Å². The standard InChI is InChI=1S/C12H13NO2/c1-9-2-7-12(15)13(8-9)10-3-5-11(14)6-4-10/h2-8,12,14-15H,1H3. The molecule has 2 rings (SSSR count). The summed E-state index contributed by atoms with van der Waals surface area (Å²) in [6, 6.07) is 6.73. The Bertz CT molecular complexity index is 406. The molecule has 0 amide bonds. The monoisotopic (exact) mass is 203 g/mol. The Morgan fingerprint density at radius 2 is 1.87 bits per heavy atom. The molecule has 3 nitrogen and oxygen atoms in total. The molecule has 1 aliphatic heterocycles. The maximum absolute atomic E-state index is 9.74. The Balaban J connectivity index is 2.31. The van der Waals surface area contributed by atoms with E-state index in [9.17, 15) is 5.11 Å². The minimum atomic E-state index is -0.641. The number of hydrogen-bond donors (Lipinski definition) is 2. The van der Waals surface area contributed by atoms with Gasteiger partial charge in [0.1, 0.15) is 12.0 Å². The van der Waals surface area contributed by atoms with Crippen molar-refractivity contribution in [2.75, 3.05) is 4.90 Å². The van der Waals surface area contributed by atoms with Crippen molar-refractivity contribution in [2.24, 2.45) is 0 Å². The average molecular weight is 203 g/mol. The van der Waals surface area contributed by atoms with Gasteiger partial charge in [0.2, 0.25) is 0 Å². The fourth-order valence-corrected chi connectivity index (χ4v) is 1.52. The summed E-state index contributed by atoms with van der Waals surface area (Å²) in [5.41, 5.74) is 1.93. The maximum Gasteiger partial charge on any atom is 0.150 e. The van der Waals surface area contributed by atoms with Crippen molar-refractivity contribution in [3.8, 4) is 5.75 Å². The molecule has 0 spiro atoms. The molecule has 3 heteroatoms. The van der Waals surface area contributed by atoms with Gasteiger partial charge in [-0.3, -0.25) is 0 Å². The van der Waals surface area contributed by atoms with Gasteiger partial charge in [-0.1, -0.05) is 6.08 Å². The first-order valence-corrected chi connectivity index (χ1v) is 4.79. The van der Waals surface area contributed by atoms with E-state index < -0.39 is 6.23 Å². The Kier molecular flexibility index (Phi) is 2.47. The van der Waals surface area contributed by atoms with E-state index in [2.05, 4.69) is 0 Å². The normalized spacial score (nSPS) is 20.3. The van der Waals surface area contributed by atoms with Crippen LogP contribution in [0.4, 0.5) is 5.69 Å². The predicted octanol–water partition coefficient (Wildman–Crippen LogP) is 1.99. The van der Waals surface area contributed by atoms with Crippen LogP contribution in [0.1, 0.15) is 6.92 Å². The van der Waals surface area contributed by atoms with Crippen LogP contribution in [0.5, 0.6) is 5.75 Å². The molecule has 0 radical (unpaired) electrons. The van der Waals surface area contributed by atoms with Crippen LogP contribution in [-0.2, 0) is 0 Å². The van der Waals surface area contributed by atoms with Crippen LogP contribution >= 0.6 is 0 Å². The van der Waals surface area contributed by atoms with E-state index in [1.807, 2.05) is 19.2 Å². The summed E-state index contributed by atoms with van der Waals surface area (Å²) < 4.78 is 0. The van der Waals surface area contributed by atoms with E-state index in [0.717, 1.165) is 11.3 Å². The first-order valence-electron chi connectivity index (χ1n) is 4.79. The third kappa shape index (κ3) is 2.02. The second-order valence-electron chi connectivity index (χ2n) is 3.57. The summed E-state index contributed by atoms with van der Waals surface area (Å²) in [6.45, 7) is 1.97. The van der Waals surface area contributed by atoms with E-state index in [0.29, 0.717) is 0 Å². The van der Waals surface area contributed by atoms with Crippen molar-refractivity contribution < 1.29 is 10.2 Å². The lowest BCUT2D eigenvalue weighted by atomic mass is 10.2. The third-order valence-corrected chi connectivity index (χ3v) is 2.31. The van der Waals surface area contributed by atoms with Gasteiger partial charge in [0, 0.05) is 11.9 Å². The molecule has 0 saturated carbocycles. The fourth-order valence-electron chi connectivity index (χ4n) is 1.52. The van der Waals surface area contributed by atoms with E-state index in [-0.39, 0.29) is 5.75 Å². The second-order valence-corrected chi connectivity index (χ2v) is 3.57. The van der Waals surface area contributed by atoms with E-state index >= 15 is 0 Å². The Morgan fingerprint density at radius 1 is 1.20 bits per heavy atom. The van der Waals surface area contributed by atoms with Gasteiger partial charge in [-0.15, -0.1) is 0 Å². The number of benzene rings is 1. The van der Waals surface area contributed by atoms with Crippen LogP contribution in [0.15, 0.2) is 48.2 Å². The average Bonchev–Trinajstić information content (AvgIpc) is 2.23. The zero-order valence-electron chi connectivity index (χ0n) is 8.46. The summed E-state index contributed by atoms with van der Waals surface area (Å²) in [4.78, 5) is 1.74. The molecule has 0 aliphatic carbocycles. The summed E-state index contributed by atoms with van der Waals surface area (Å²) in [7, 11) is 0. The number of anilines is 1. The van der Waals surface area contributed by atoms with Crippen molar-refractivity contribution in [1.29, 1.82) is 0 Å². The highest BCUT2D eigenvalue weighted by molar-refractivity contribution is 5.54. The minimum Gasteiger partial charge on any atom is -0.508 e. The van der Waals surface area contributed by atoms with Gasteiger partial charge < -0.3 is 15.1 Å². The molecule has 78 valence electrons. The van der Waals surface area contributed by atoms with Crippen LogP contribution < -0.4 is 4.90 Å². The topological polar surface area (TPSA) is 43.7 Å². The van der Waals surface area contributed by atoms with Crippen LogP contribution in [0.25, 0.3) is 0 Å². The zero-order valence-corrected chi connectivity index (χ0v) is 8.46. The van der Waals surface area contributed by atoms with E-state index in [1.165, 1.54) is 0 Å². The number of nitrogens with zero attached hydrogens (tertiary/aromatic N) is 1. The number of rotatable bonds is 1. The summed E-state index contributed by atoms with van der Waals surface area (Å²) in [6.07, 6.45) is 4.83. The number of phenolic OH excluding ortho intramolecular Hbond substituents is 1. The number of aliphatic hydroxyl groups is 1. The van der Waals surface area contributed by atoms with Crippen LogP contribution in [-0.4, -0.2) is 16.4 Å². The number of aliphatic hydroxyl groups excluding tert-OH is 1. The smallest absolute Gasteiger partial charge is 0.150 e. The van der Waals surface area contributed by atoms with Crippen molar-refractivity contribution in [2.45, 2.75) is 13.2 Å². The van der Waals surface area contributed by atoms with Crippen LogP contribution in [0.3, 0.4) is 0 Å². The van der Waals surface area contributed by atoms with Crippen molar-refractivity contribution >= 4 is 5.69 Å². The van der Waals surface area contributed by atoms with Gasteiger partial charge in [-0.2, -0.15) is 0 Å². The molecular formula is C12H13NO2. The first kappa shape index (κ1) is 9.80. The van der Waals surface area contributed by atoms with Gasteiger partial charge in [0.05, 0.1) is 0 Å². The number of allylic oxidation sites excluding steroid dienone is 2. The van der Waals surface area contributed by atoms with Gasteiger partial charge in [0.15, 0.2) is 0 Å². The maximum atomic E-state index is 9.74. The summed E-state index contributed by atoms with van der Waals surface area (Å²) in [5.74, 6) is 0.224. The highest BCUT2D eigenvalue weighted by Gasteiger charge is 2.14. The molecule has 0 bridgehead atoms. The lowest BCUT2D eigenvalue weighted by molar-refractivity contribution is 0.226. The lowest BCUT2D eigenvalue weighted by Gasteiger charge is -2.27. The Morgan fingerprint density at radius 3 is 2.53 bits per heavy atom. The van der Waals surface area contributed by atoms with Crippen molar-refractivity contribution in [3.05, 3.63) is 48.2 Å². The molecule has 1 aromatic rings. The van der Waals surface area contributed by atoms with Crippen LogP contribution in [0, 0.1) is 0 Å². The SMILES string of the molecule is CC1=CN(c2ccc(O)cc2)C(O)C=C1. The van der Waals surface area contributed by atoms with Crippen molar-refractivity contribution in [3.63, 3.8) is 0 Å². The molecule has 15 heavy (non-hydrogen) atoms. The fraction of sp³-hybridized carbons (Fsp3) is 0.167. The van der Waals surface area contributed by atoms with Crippen LogP contribution in [0.2, 0.25) is 0 Å². The number of aromatic hydroxyl groups is 1. The molecular weight excluding hydrogens is 190 g/mol. The minimum absolute atomic E-state index is 0.224. The second kappa shape index (κ2) is 3.79. The molecule has 1 aromatic carbocycles. The van der Waals surface area contributed by atoms with Gasteiger partial charge in [0.25, 0.3) is 0 Å². The summed E-state index contributed by atoms with van der Waals surface area (Å²) >= 11 is 0. The molecule has 0 saturated heterocycles. The molecule has 1 atom stereocenters. The molecule has 1 heterocycles. The van der Waals surface area contributed by atoms with Crippen molar-refractivity contribution in [1.82, 2.24) is 0 Å². The quantitative estimate of drug-likeness (QED) is 0.733. The summed E-state index contributed by atoms with van der Waals surface area (Å²) in [5, 5.41) is 18.9. The third-order valence-electron chi connectivity index (χ3n) is 2.31. The number of phenols is 1. The number of hydrogen-bond acceptors (Lipinski definition) is 3.